The fraction of sp³-hybridized carbons (Fsp3) is 0.714. The molecule has 0 spiro atoms. The van der Waals surface area contributed by atoms with Crippen molar-refractivity contribution in [1.29, 1.82) is 0 Å². The molecule has 2 fully saturated rings. The van der Waals surface area contributed by atoms with Crippen LogP contribution in [0.1, 0.15) is 24.8 Å². The summed E-state index contributed by atoms with van der Waals surface area (Å²) >= 11 is 0. The molecule has 104 valence electrons. The molecule has 1 aromatic heterocycles. The van der Waals surface area contributed by atoms with Gasteiger partial charge in [-0.25, -0.2) is 9.97 Å². The smallest absolute Gasteiger partial charge is 0.221 e. The third-order valence-electron chi connectivity index (χ3n) is 4.17. The molecule has 19 heavy (non-hydrogen) atoms. The normalized spacial score (nSPS) is 23.6. The summed E-state index contributed by atoms with van der Waals surface area (Å²) in [6.45, 7) is 5.48. The standard InChI is InChI=1S/C14H22N4O/c1-10-13(16-9-17-14(10)19-2)15-7-11-5-6-18(8-11)12-3-4-12/h9,11-12H,3-8H2,1-2H3,(H,15,16,17). The molecule has 2 aliphatic rings. The van der Waals surface area contributed by atoms with E-state index in [2.05, 4.69) is 20.2 Å². The summed E-state index contributed by atoms with van der Waals surface area (Å²) in [5.74, 6) is 2.29. The van der Waals surface area contributed by atoms with Crippen molar-refractivity contribution in [3.63, 3.8) is 0 Å². The minimum absolute atomic E-state index is 0.656. The van der Waals surface area contributed by atoms with Crippen LogP contribution in [0.4, 0.5) is 5.82 Å². The summed E-state index contributed by atoms with van der Waals surface area (Å²) in [5, 5.41) is 3.45. The van der Waals surface area contributed by atoms with E-state index in [1.54, 1.807) is 13.4 Å². The zero-order valence-electron chi connectivity index (χ0n) is 11.7. The number of nitrogens with one attached hydrogen (secondary N) is 1. The van der Waals surface area contributed by atoms with E-state index >= 15 is 0 Å². The van der Waals surface area contributed by atoms with Crippen LogP contribution in [0.25, 0.3) is 0 Å². The van der Waals surface area contributed by atoms with Crippen LogP contribution >= 0.6 is 0 Å². The van der Waals surface area contributed by atoms with Crippen molar-refractivity contribution in [1.82, 2.24) is 14.9 Å². The summed E-state index contributed by atoms with van der Waals surface area (Å²) < 4.78 is 5.21. The molecule has 3 rings (SSSR count). The number of rotatable bonds is 5. The number of likely N-dealkylation sites (tertiary alicyclic amines) is 1. The maximum absolute atomic E-state index is 5.21. The number of hydrogen-bond donors (Lipinski definition) is 1. The molecule has 1 atom stereocenters. The lowest BCUT2D eigenvalue weighted by molar-refractivity contribution is 0.316. The Hall–Kier alpha value is -1.36. The summed E-state index contributed by atoms with van der Waals surface area (Å²) in [7, 11) is 1.64. The monoisotopic (exact) mass is 262 g/mol. The van der Waals surface area contributed by atoms with E-state index in [1.807, 2.05) is 6.92 Å². The van der Waals surface area contributed by atoms with Gasteiger partial charge in [-0.05, 0) is 38.6 Å². The van der Waals surface area contributed by atoms with Crippen molar-refractivity contribution in [2.75, 3.05) is 32.1 Å². The second-order valence-corrected chi connectivity index (χ2v) is 5.62. The Kier molecular flexibility index (Phi) is 3.55. The van der Waals surface area contributed by atoms with Gasteiger partial charge in [0.2, 0.25) is 5.88 Å². The van der Waals surface area contributed by atoms with Gasteiger partial charge < -0.3 is 15.0 Å². The van der Waals surface area contributed by atoms with Crippen LogP contribution in [-0.2, 0) is 0 Å². The SMILES string of the molecule is COc1ncnc(NCC2CCN(C3CC3)C2)c1C. The van der Waals surface area contributed by atoms with Crippen molar-refractivity contribution in [2.45, 2.75) is 32.2 Å². The number of aromatic nitrogens is 2. The van der Waals surface area contributed by atoms with Crippen molar-refractivity contribution >= 4 is 5.82 Å². The van der Waals surface area contributed by atoms with Crippen LogP contribution < -0.4 is 10.1 Å². The Morgan fingerprint density at radius 2 is 2.21 bits per heavy atom. The molecule has 5 nitrogen and oxygen atoms in total. The van der Waals surface area contributed by atoms with E-state index < -0.39 is 0 Å². The summed E-state index contributed by atoms with van der Waals surface area (Å²) in [5.41, 5.74) is 0.988. The summed E-state index contributed by atoms with van der Waals surface area (Å²) in [6.07, 6.45) is 5.66. The predicted molar refractivity (Wildman–Crippen MR) is 74.5 cm³/mol. The number of hydrogen-bond acceptors (Lipinski definition) is 5. The topological polar surface area (TPSA) is 50.3 Å². The molecule has 0 aromatic carbocycles. The Labute approximate surface area is 114 Å². The molecule has 0 bridgehead atoms. The first-order valence-corrected chi connectivity index (χ1v) is 7.11. The van der Waals surface area contributed by atoms with Gasteiger partial charge in [0.1, 0.15) is 12.1 Å². The summed E-state index contributed by atoms with van der Waals surface area (Å²) in [6, 6.07) is 0.894. The van der Waals surface area contributed by atoms with Crippen molar-refractivity contribution < 1.29 is 4.74 Å². The zero-order valence-corrected chi connectivity index (χ0v) is 11.7. The van der Waals surface area contributed by atoms with Gasteiger partial charge >= 0.3 is 0 Å². The largest absolute Gasteiger partial charge is 0.481 e. The molecule has 1 unspecified atom stereocenters. The highest BCUT2D eigenvalue weighted by atomic mass is 16.5. The first-order chi connectivity index (χ1) is 9.28. The number of ether oxygens (including phenoxy) is 1. The van der Waals surface area contributed by atoms with Crippen LogP contribution in [0.2, 0.25) is 0 Å². The van der Waals surface area contributed by atoms with Gasteiger partial charge in [0.25, 0.3) is 0 Å². The van der Waals surface area contributed by atoms with Crippen molar-refractivity contribution in [3.8, 4) is 5.88 Å². The molecule has 1 aromatic rings. The van der Waals surface area contributed by atoms with Crippen molar-refractivity contribution in [2.24, 2.45) is 5.92 Å². The predicted octanol–water partition coefficient (Wildman–Crippen LogP) is 1.69. The third-order valence-corrected chi connectivity index (χ3v) is 4.17. The highest BCUT2D eigenvalue weighted by molar-refractivity contribution is 5.47. The van der Waals surface area contributed by atoms with Gasteiger partial charge in [-0.15, -0.1) is 0 Å². The molecule has 1 saturated heterocycles. The Bertz CT molecular complexity index is 447. The minimum atomic E-state index is 0.656. The Morgan fingerprint density at radius 3 is 2.95 bits per heavy atom. The van der Waals surface area contributed by atoms with Gasteiger partial charge in [0, 0.05) is 19.1 Å². The Morgan fingerprint density at radius 1 is 1.37 bits per heavy atom. The molecule has 1 aliphatic heterocycles. The van der Waals surface area contributed by atoms with Gasteiger partial charge in [-0.3, -0.25) is 0 Å². The average molecular weight is 262 g/mol. The molecule has 0 amide bonds. The highest BCUT2D eigenvalue weighted by Crippen LogP contribution is 2.31. The third kappa shape index (κ3) is 2.81. The number of methoxy groups -OCH3 is 1. The van der Waals surface area contributed by atoms with Gasteiger partial charge in [0.05, 0.1) is 12.7 Å². The lowest BCUT2D eigenvalue weighted by Gasteiger charge is -2.16. The first-order valence-electron chi connectivity index (χ1n) is 7.11. The molecular formula is C14H22N4O. The molecular weight excluding hydrogens is 240 g/mol. The minimum Gasteiger partial charge on any atom is -0.481 e. The Balaban J connectivity index is 1.54. The fourth-order valence-corrected chi connectivity index (χ4v) is 2.86. The van der Waals surface area contributed by atoms with Crippen LogP contribution in [-0.4, -0.2) is 47.7 Å². The maximum atomic E-state index is 5.21. The summed E-state index contributed by atoms with van der Waals surface area (Å²) in [4.78, 5) is 11.0. The maximum Gasteiger partial charge on any atom is 0.221 e. The van der Waals surface area contributed by atoms with E-state index in [9.17, 15) is 0 Å². The van der Waals surface area contributed by atoms with Crippen LogP contribution in [0.3, 0.4) is 0 Å². The van der Waals surface area contributed by atoms with Gasteiger partial charge in [-0.1, -0.05) is 0 Å². The van der Waals surface area contributed by atoms with Crippen LogP contribution in [0, 0.1) is 12.8 Å². The lowest BCUT2D eigenvalue weighted by atomic mass is 10.1. The van der Waals surface area contributed by atoms with E-state index in [1.165, 1.54) is 32.4 Å². The van der Waals surface area contributed by atoms with Crippen molar-refractivity contribution in [3.05, 3.63) is 11.9 Å². The quantitative estimate of drug-likeness (QED) is 0.875. The van der Waals surface area contributed by atoms with Gasteiger partial charge in [0.15, 0.2) is 0 Å². The van der Waals surface area contributed by atoms with Crippen LogP contribution in [0.5, 0.6) is 5.88 Å². The second-order valence-electron chi connectivity index (χ2n) is 5.62. The zero-order chi connectivity index (χ0) is 13.2. The molecule has 1 saturated carbocycles. The van der Waals surface area contributed by atoms with E-state index in [4.69, 9.17) is 4.74 Å². The fourth-order valence-electron chi connectivity index (χ4n) is 2.86. The highest BCUT2D eigenvalue weighted by Gasteiger charge is 2.34. The number of nitrogens with zero attached hydrogens (tertiary/aromatic N) is 3. The molecule has 0 radical (unpaired) electrons. The average Bonchev–Trinajstić information content (AvgIpc) is 3.17. The van der Waals surface area contributed by atoms with E-state index in [-0.39, 0.29) is 0 Å². The van der Waals surface area contributed by atoms with Crippen LogP contribution in [0.15, 0.2) is 6.33 Å². The van der Waals surface area contributed by atoms with Gasteiger partial charge in [-0.2, -0.15) is 0 Å². The number of anilines is 1. The lowest BCUT2D eigenvalue weighted by Crippen LogP contribution is -2.25. The van der Waals surface area contributed by atoms with E-state index in [0.29, 0.717) is 5.88 Å². The first kappa shape index (κ1) is 12.7. The molecule has 5 heteroatoms. The molecule has 1 aliphatic carbocycles. The van der Waals surface area contributed by atoms with E-state index in [0.717, 1.165) is 29.9 Å². The molecule has 2 heterocycles. The molecule has 1 N–H and O–H groups in total. The second kappa shape index (κ2) is 5.33.